The first-order valence-electron chi connectivity index (χ1n) is 5.26. The van der Waals surface area contributed by atoms with Crippen molar-refractivity contribution in [3.05, 3.63) is 16.1 Å². The number of thiazole rings is 1. The number of hydrogen-bond acceptors (Lipinski definition) is 6. The summed E-state index contributed by atoms with van der Waals surface area (Å²) in [5, 5.41) is 13.5. The lowest BCUT2D eigenvalue weighted by molar-refractivity contribution is -0.130. The van der Waals surface area contributed by atoms with E-state index in [1.807, 2.05) is 0 Å². The fourth-order valence-corrected chi connectivity index (χ4v) is 2.01. The summed E-state index contributed by atoms with van der Waals surface area (Å²) >= 11 is 1.25. The van der Waals surface area contributed by atoms with Gasteiger partial charge in [0.15, 0.2) is 5.69 Å². The van der Waals surface area contributed by atoms with E-state index in [0.29, 0.717) is 18.0 Å². The van der Waals surface area contributed by atoms with Gasteiger partial charge in [-0.3, -0.25) is 4.79 Å². The number of amides is 1. The molecule has 0 saturated heterocycles. The number of aromatic nitrogens is 1. The second-order valence-electron chi connectivity index (χ2n) is 3.43. The van der Waals surface area contributed by atoms with Gasteiger partial charge in [-0.2, -0.15) is 0 Å². The average Bonchev–Trinajstić information content (AvgIpc) is 2.79. The van der Waals surface area contributed by atoms with E-state index in [1.165, 1.54) is 23.8 Å². The van der Waals surface area contributed by atoms with Gasteiger partial charge in [0.05, 0.1) is 5.01 Å². The minimum atomic E-state index is -1.05. The summed E-state index contributed by atoms with van der Waals surface area (Å²) in [6.07, 6.45) is -0.180. The SMILES string of the molecule is COC(CN)C(=O)NCCc1nc(C(=O)O)cs1. The highest BCUT2D eigenvalue weighted by Crippen LogP contribution is 2.09. The number of hydrogen-bond donors (Lipinski definition) is 3. The van der Waals surface area contributed by atoms with Crippen LogP contribution in [0.3, 0.4) is 0 Å². The maximum Gasteiger partial charge on any atom is 0.355 e. The highest BCUT2D eigenvalue weighted by Gasteiger charge is 2.15. The topological polar surface area (TPSA) is 115 Å². The molecule has 0 aliphatic rings. The van der Waals surface area contributed by atoms with Gasteiger partial charge in [-0.1, -0.05) is 0 Å². The summed E-state index contributed by atoms with van der Waals surface area (Å²) in [5.74, 6) is -1.33. The number of carboxylic acid groups (broad SMARTS) is 1. The first kappa shape index (κ1) is 14.6. The van der Waals surface area contributed by atoms with Crippen LogP contribution in [0.15, 0.2) is 5.38 Å². The minimum Gasteiger partial charge on any atom is -0.476 e. The molecule has 1 unspecified atom stereocenters. The summed E-state index contributed by atoms with van der Waals surface area (Å²) in [7, 11) is 1.41. The predicted octanol–water partition coefficient (Wildman–Crippen LogP) is -0.526. The molecule has 1 heterocycles. The van der Waals surface area contributed by atoms with E-state index in [1.54, 1.807) is 0 Å². The Morgan fingerprint density at radius 2 is 2.39 bits per heavy atom. The van der Waals surface area contributed by atoms with Crippen LogP contribution in [-0.4, -0.2) is 48.3 Å². The molecule has 0 aliphatic carbocycles. The lowest BCUT2D eigenvalue weighted by Gasteiger charge is -2.12. The molecule has 4 N–H and O–H groups in total. The van der Waals surface area contributed by atoms with E-state index in [0.717, 1.165) is 0 Å². The van der Waals surface area contributed by atoms with Crippen LogP contribution in [0.25, 0.3) is 0 Å². The normalized spacial score (nSPS) is 12.1. The van der Waals surface area contributed by atoms with Gasteiger partial charge in [0.1, 0.15) is 6.10 Å². The average molecular weight is 273 g/mol. The van der Waals surface area contributed by atoms with Crippen molar-refractivity contribution in [1.82, 2.24) is 10.3 Å². The molecular weight excluding hydrogens is 258 g/mol. The number of nitrogens with two attached hydrogens (primary N) is 1. The number of rotatable bonds is 7. The Morgan fingerprint density at radius 1 is 1.67 bits per heavy atom. The van der Waals surface area contributed by atoms with Gasteiger partial charge in [-0.15, -0.1) is 11.3 Å². The standard InChI is InChI=1S/C10H15N3O4S/c1-17-7(4-11)9(14)12-3-2-8-13-6(5-18-8)10(15)16/h5,7H,2-4,11H2,1H3,(H,12,14)(H,15,16). The molecule has 1 atom stereocenters. The van der Waals surface area contributed by atoms with Gasteiger partial charge in [0.25, 0.3) is 0 Å². The molecule has 0 bridgehead atoms. The van der Waals surface area contributed by atoms with E-state index < -0.39 is 12.1 Å². The zero-order valence-corrected chi connectivity index (χ0v) is 10.7. The quantitative estimate of drug-likeness (QED) is 0.615. The molecule has 0 radical (unpaired) electrons. The van der Waals surface area contributed by atoms with Crippen LogP contribution in [0.5, 0.6) is 0 Å². The molecule has 1 rings (SSSR count). The maximum absolute atomic E-state index is 11.5. The van der Waals surface area contributed by atoms with Crippen molar-refractivity contribution in [3.8, 4) is 0 Å². The van der Waals surface area contributed by atoms with Gasteiger partial charge in [-0.05, 0) is 0 Å². The fraction of sp³-hybridized carbons (Fsp3) is 0.500. The van der Waals surface area contributed by atoms with Crippen LogP contribution in [0, 0.1) is 0 Å². The number of carbonyl (C=O) groups is 2. The van der Waals surface area contributed by atoms with Crippen molar-refractivity contribution >= 4 is 23.2 Å². The number of ether oxygens (including phenoxy) is 1. The summed E-state index contributed by atoms with van der Waals surface area (Å²) in [6.45, 7) is 0.480. The predicted molar refractivity (Wildman–Crippen MR) is 65.6 cm³/mol. The molecule has 100 valence electrons. The van der Waals surface area contributed by atoms with Crippen molar-refractivity contribution in [3.63, 3.8) is 0 Å². The molecule has 0 spiro atoms. The van der Waals surface area contributed by atoms with Crippen LogP contribution < -0.4 is 11.1 Å². The molecule has 18 heavy (non-hydrogen) atoms. The fourth-order valence-electron chi connectivity index (χ4n) is 1.24. The van der Waals surface area contributed by atoms with E-state index in [9.17, 15) is 9.59 Å². The van der Waals surface area contributed by atoms with Gasteiger partial charge in [0, 0.05) is 32.0 Å². The Morgan fingerprint density at radius 3 is 2.89 bits per heavy atom. The monoisotopic (exact) mass is 273 g/mol. The Bertz CT molecular complexity index is 417. The molecular formula is C10H15N3O4S. The number of methoxy groups -OCH3 is 1. The molecule has 0 aliphatic heterocycles. The Balaban J connectivity index is 2.37. The molecule has 1 amide bonds. The van der Waals surface area contributed by atoms with Gasteiger partial charge >= 0.3 is 5.97 Å². The Labute approximate surface area is 108 Å². The van der Waals surface area contributed by atoms with Crippen LogP contribution in [0.1, 0.15) is 15.5 Å². The molecule has 7 nitrogen and oxygen atoms in total. The highest BCUT2D eigenvalue weighted by atomic mass is 32.1. The second kappa shape index (κ2) is 7.04. The third kappa shape index (κ3) is 4.06. The first-order valence-corrected chi connectivity index (χ1v) is 6.14. The third-order valence-corrected chi connectivity index (χ3v) is 3.11. The van der Waals surface area contributed by atoms with E-state index in [4.69, 9.17) is 15.6 Å². The molecule has 1 aromatic rings. The van der Waals surface area contributed by atoms with E-state index in [2.05, 4.69) is 10.3 Å². The third-order valence-electron chi connectivity index (χ3n) is 2.20. The highest BCUT2D eigenvalue weighted by molar-refractivity contribution is 7.09. The van der Waals surface area contributed by atoms with Crippen LogP contribution in [0.4, 0.5) is 0 Å². The smallest absolute Gasteiger partial charge is 0.355 e. The largest absolute Gasteiger partial charge is 0.476 e. The molecule has 0 aromatic carbocycles. The molecule has 0 saturated carbocycles. The molecule has 0 fully saturated rings. The van der Waals surface area contributed by atoms with Crippen molar-refractivity contribution in [2.45, 2.75) is 12.5 Å². The summed E-state index contributed by atoms with van der Waals surface area (Å²) in [5.41, 5.74) is 5.37. The van der Waals surface area contributed by atoms with E-state index >= 15 is 0 Å². The maximum atomic E-state index is 11.5. The Kier molecular flexibility index (Phi) is 5.69. The number of carbonyl (C=O) groups excluding carboxylic acids is 1. The minimum absolute atomic E-state index is 0.0260. The van der Waals surface area contributed by atoms with Gasteiger partial charge in [-0.25, -0.2) is 9.78 Å². The first-order chi connectivity index (χ1) is 8.58. The van der Waals surface area contributed by atoms with Crippen LogP contribution >= 0.6 is 11.3 Å². The second-order valence-corrected chi connectivity index (χ2v) is 4.38. The Hall–Kier alpha value is -1.51. The van der Waals surface area contributed by atoms with Crippen molar-refractivity contribution in [2.24, 2.45) is 5.73 Å². The van der Waals surface area contributed by atoms with Crippen molar-refractivity contribution in [2.75, 3.05) is 20.2 Å². The zero-order valence-electron chi connectivity index (χ0n) is 9.88. The zero-order chi connectivity index (χ0) is 13.5. The van der Waals surface area contributed by atoms with Crippen LogP contribution in [-0.2, 0) is 16.0 Å². The lowest BCUT2D eigenvalue weighted by Crippen LogP contribution is -2.41. The van der Waals surface area contributed by atoms with Gasteiger partial charge < -0.3 is 20.9 Å². The summed E-state index contributed by atoms with van der Waals surface area (Å²) in [6, 6.07) is 0. The van der Waals surface area contributed by atoms with Crippen LogP contribution in [0.2, 0.25) is 0 Å². The number of nitrogens with one attached hydrogen (secondary N) is 1. The van der Waals surface area contributed by atoms with Crippen molar-refractivity contribution < 1.29 is 19.4 Å². The lowest BCUT2D eigenvalue weighted by atomic mass is 10.3. The van der Waals surface area contributed by atoms with Gasteiger partial charge in [0.2, 0.25) is 5.91 Å². The molecule has 8 heteroatoms. The molecule has 1 aromatic heterocycles. The number of carboxylic acids is 1. The summed E-state index contributed by atoms with van der Waals surface area (Å²) in [4.78, 5) is 26.0. The van der Waals surface area contributed by atoms with Crippen molar-refractivity contribution in [1.29, 1.82) is 0 Å². The number of nitrogens with zero attached hydrogens (tertiary/aromatic N) is 1. The number of aromatic carboxylic acids is 1. The summed E-state index contributed by atoms with van der Waals surface area (Å²) < 4.78 is 4.87. The van der Waals surface area contributed by atoms with E-state index in [-0.39, 0.29) is 18.1 Å².